The minimum Gasteiger partial charge on any atom is -0.491 e. The average Bonchev–Trinajstić information content (AvgIpc) is 2.60. The van der Waals surface area contributed by atoms with E-state index in [1.54, 1.807) is 36.2 Å². The maximum atomic E-state index is 12.1. The number of carbonyl (C=O) groups is 2. The van der Waals surface area contributed by atoms with Gasteiger partial charge in [0, 0.05) is 37.1 Å². The van der Waals surface area contributed by atoms with E-state index >= 15 is 0 Å². The van der Waals surface area contributed by atoms with Gasteiger partial charge < -0.3 is 20.3 Å². The van der Waals surface area contributed by atoms with Crippen molar-refractivity contribution in [3.05, 3.63) is 48.5 Å². The van der Waals surface area contributed by atoms with E-state index in [1.807, 2.05) is 38.1 Å². The molecule has 2 rings (SSSR count). The Morgan fingerprint density at radius 3 is 2.38 bits per heavy atom. The highest BCUT2D eigenvalue weighted by molar-refractivity contribution is 5.94. The van der Waals surface area contributed by atoms with Crippen LogP contribution < -0.4 is 20.3 Å². The molecule has 6 nitrogen and oxygen atoms in total. The molecule has 0 bridgehead atoms. The van der Waals surface area contributed by atoms with Gasteiger partial charge >= 0.3 is 0 Å². The van der Waals surface area contributed by atoms with Gasteiger partial charge in [0.05, 0.1) is 12.6 Å². The van der Waals surface area contributed by atoms with Gasteiger partial charge in [0.2, 0.25) is 11.8 Å². The Balaban J connectivity index is 1.88. The quantitative estimate of drug-likeness (QED) is 0.797. The summed E-state index contributed by atoms with van der Waals surface area (Å²) in [5.41, 5.74) is 2.27. The molecule has 0 spiro atoms. The lowest BCUT2D eigenvalue weighted by molar-refractivity contribution is -0.116. The zero-order valence-electron chi connectivity index (χ0n) is 15.6. The summed E-state index contributed by atoms with van der Waals surface area (Å²) in [5.74, 6) is 0.554. The lowest BCUT2D eigenvalue weighted by Crippen LogP contribution is -2.23. The van der Waals surface area contributed by atoms with E-state index < -0.39 is 0 Å². The van der Waals surface area contributed by atoms with E-state index in [1.165, 1.54) is 6.92 Å². The first-order valence-corrected chi connectivity index (χ1v) is 8.50. The molecule has 2 N–H and O–H groups in total. The molecule has 0 radical (unpaired) electrons. The molecule has 0 fully saturated rings. The van der Waals surface area contributed by atoms with Crippen molar-refractivity contribution in [2.45, 2.75) is 26.9 Å². The minimum atomic E-state index is -0.159. The van der Waals surface area contributed by atoms with Crippen LogP contribution in [0.15, 0.2) is 48.5 Å². The first-order chi connectivity index (χ1) is 12.3. The lowest BCUT2D eigenvalue weighted by atomic mass is 10.2. The minimum absolute atomic E-state index is 0.0466. The topological polar surface area (TPSA) is 70.7 Å². The Morgan fingerprint density at radius 2 is 1.77 bits per heavy atom. The van der Waals surface area contributed by atoms with E-state index in [0.717, 1.165) is 17.1 Å². The molecule has 0 unspecified atom stereocenters. The predicted molar refractivity (Wildman–Crippen MR) is 105 cm³/mol. The van der Waals surface area contributed by atoms with Crippen LogP contribution in [0.25, 0.3) is 0 Å². The van der Waals surface area contributed by atoms with Crippen molar-refractivity contribution in [1.29, 1.82) is 0 Å². The molecule has 0 aliphatic rings. The van der Waals surface area contributed by atoms with Crippen molar-refractivity contribution in [2.75, 3.05) is 29.1 Å². The van der Waals surface area contributed by atoms with E-state index in [4.69, 9.17) is 4.74 Å². The molecule has 2 aromatic rings. The summed E-state index contributed by atoms with van der Waals surface area (Å²) in [7, 11) is 1.71. The molecule has 2 amide bonds. The Labute approximate surface area is 154 Å². The van der Waals surface area contributed by atoms with Gasteiger partial charge in [-0.25, -0.2) is 0 Å². The summed E-state index contributed by atoms with van der Waals surface area (Å²) in [4.78, 5) is 25.0. The second-order valence-electron chi connectivity index (χ2n) is 6.22. The number of nitrogens with one attached hydrogen (secondary N) is 2. The van der Waals surface area contributed by atoms with Gasteiger partial charge in [-0.1, -0.05) is 6.07 Å². The Kier molecular flexibility index (Phi) is 6.60. The fourth-order valence-corrected chi connectivity index (χ4v) is 2.29. The summed E-state index contributed by atoms with van der Waals surface area (Å²) in [6.07, 6.45) is 0.0959. The summed E-state index contributed by atoms with van der Waals surface area (Å²) in [5, 5.41) is 5.90. The maximum Gasteiger partial charge on any atom is 0.243 e. The third-order valence-corrected chi connectivity index (χ3v) is 3.67. The second kappa shape index (κ2) is 8.89. The first kappa shape index (κ1) is 19.3. The van der Waals surface area contributed by atoms with Crippen LogP contribution in [-0.4, -0.2) is 31.5 Å². The summed E-state index contributed by atoms with van der Waals surface area (Å²) in [6.45, 7) is 5.57. The SMILES string of the molecule is CC(=O)N(C)c1ccc(NC(=O)CNc2cccc(OC(C)C)c2)cc1. The molecule has 0 saturated carbocycles. The second-order valence-corrected chi connectivity index (χ2v) is 6.22. The number of hydrogen-bond donors (Lipinski definition) is 2. The van der Waals surface area contributed by atoms with E-state index in [-0.39, 0.29) is 24.5 Å². The summed E-state index contributed by atoms with van der Waals surface area (Å²) >= 11 is 0. The lowest BCUT2D eigenvalue weighted by Gasteiger charge is -2.15. The van der Waals surface area contributed by atoms with Crippen molar-refractivity contribution in [3.63, 3.8) is 0 Å². The fraction of sp³-hybridized carbons (Fsp3) is 0.300. The molecular formula is C20H25N3O3. The number of hydrogen-bond acceptors (Lipinski definition) is 4. The van der Waals surface area contributed by atoms with Crippen LogP contribution in [0.4, 0.5) is 17.1 Å². The van der Waals surface area contributed by atoms with Crippen LogP contribution in [0.1, 0.15) is 20.8 Å². The smallest absolute Gasteiger partial charge is 0.243 e. The molecule has 0 aliphatic carbocycles. The van der Waals surface area contributed by atoms with Crippen molar-refractivity contribution in [2.24, 2.45) is 0 Å². The van der Waals surface area contributed by atoms with Gasteiger partial charge in [-0.2, -0.15) is 0 Å². The first-order valence-electron chi connectivity index (χ1n) is 8.50. The van der Waals surface area contributed by atoms with Crippen molar-refractivity contribution < 1.29 is 14.3 Å². The van der Waals surface area contributed by atoms with Gasteiger partial charge in [0.15, 0.2) is 0 Å². The number of benzene rings is 2. The summed E-state index contributed by atoms with van der Waals surface area (Å²) < 4.78 is 5.64. The molecule has 0 atom stereocenters. The monoisotopic (exact) mass is 355 g/mol. The number of anilines is 3. The van der Waals surface area contributed by atoms with Gasteiger partial charge in [-0.05, 0) is 50.2 Å². The number of amides is 2. The predicted octanol–water partition coefficient (Wildman–Crippen LogP) is 3.51. The van der Waals surface area contributed by atoms with Gasteiger partial charge in [-0.15, -0.1) is 0 Å². The van der Waals surface area contributed by atoms with Crippen LogP contribution in [0.5, 0.6) is 5.75 Å². The highest BCUT2D eigenvalue weighted by Gasteiger charge is 2.07. The molecule has 0 heterocycles. The van der Waals surface area contributed by atoms with Gasteiger partial charge in [0.1, 0.15) is 5.75 Å². The highest BCUT2D eigenvalue weighted by atomic mass is 16.5. The van der Waals surface area contributed by atoms with Gasteiger partial charge in [-0.3, -0.25) is 9.59 Å². The van der Waals surface area contributed by atoms with Gasteiger partial charge in [0.25, 0.3) is 0 Å². The Bertz CT molecular complexity index is 757. The molecule has 0 aromatic heterocycles. The third-order valence-electron chi connectivity index (χ3n) is 3.67. The molecule has 26 heavy (non-hydrogen) atoms. The van der Waals surface area contributed by atoms with E-state index in [2.05, 4.69) is 10.6 Å². The van der Waals surface area contributed by atoms with Crippen LogP contribution in [0.2, 0.25) is 0 Å². The van der Waals surface area contributed by atoms with Crippen molar-refractivity contribution >= 4 is 28.9 Å². The maximum absolute atomic E-state index is 12.1. The van der Waals surface area contributed by atoms with E-state index in [0.29, 0.717) is 5.69 Å². The van der Waals surface area contributed by atoms with Crippen molar-refractivity contribution in [3.8, 4) is 5.75 Å². The summed E-state index contributed by atoms with van der Waals surface area (Å²) in [6, 6.07) is 14.6. The number of nitrogens with zero attached hydrogens (tertiary/aromatic N) is 1. The molecule has 6 heteroatoms. The third kappa shape index (κ3) is 5.81. The van der Waals surface area contributed by atoms with Crippen molar-refractivity contribution in [1.82, 2.24) is 0 Å². The average molecular weight is 355 g/mol. The number of rotatable bonds is 7. The van der Waals surface area contributed by atoms with Crippen LogP contribution >= 0.6 is 0 Å². The number of ether oxygens (including phenoxy) is 1. The standard InChI is InChI=1S/C20H25N3O3/c1-14(2)26-19-7-5-6-17(12-19)21-13-20(25)22-16-8-10-18(11-9-16)23(4)15(3)24/h5-12,14,21H,13H2,1-4H3,(H,22,25). The molecular weight excluding hydrogens is 330 g/mol. The normalized spacial score (nSPS) is 10.3. The van der Waals surface area contributed by atoms with Crippen LogP contribution in [0, 0.1) is 0 Å². The van der Waals surface area contributed by atoms with Crippen LogP contribution in [0.3, 0.4) is 0 Å². The molecule has 2 aromatic carbocycles. The van der Waals surface area contributed by atoms with E-state index in [9.17, 15) is 9.59 Å². The molecule has 0 saturated heterocycles. The zero-order chi connectivity index (χ0) is 19.1. The fourth-order valence-electron chi connectivity index (χ4n) is 2.29. The Hall–Kier alpha value is -3.02. The highest BCUT2D eigenvalue weighted by Crippen LogP contribution is 2.19. The van der Waals surface area contributed by atoms with Crippen LogP contribution in [-0.2, 0) is 9.59 Å². The molecule has 0 aliphatic heterocycles. The Morgan fingerprint density at radius 1 is 1.08 bits per heavy atom. The molecule has 138 valence electrons. The zero-order valence-corrected chi connectivity index (χ0v) is 15.6. The largest absolute Gasteiger partial charge is 0.491 e. The number of carbonyl (C=O) groups excluding carboxylic acids is 2.